The number of aromatic amines is 1. The maximum absolute atomic E-state index is 12.5. The number of hydrogen-bond donors (Lipinski definition) is 2. The first-order valence-corrected chi connectivity index (χ1v) is 8.47. The van der Waals surface area contributed by atoms with Crippen molar-refractivity contribution < 1.29 is 4.79 Å². The molecule has 0 saturated heterocycles. The standard InChI is InChI=1S/C16H24N6O/c1-2-8-22-11-19-20-14(22)10-17-16(23)13-9-18-21-15(13)12-6-4-3-5-7-12/h9,11-12H,2-8,10H2,1H3,(H,17,23)(H,18,21). The van der Waals surface area contributed by atoms with Gasteiger partial charge in [-0.05, 0) is 19.3 Å². The third-order valence-corrected chi connectivity index (χ3v) is 4.49. The second-order valence-electron chi connectivity index (χ2n) is 6.16. The van der Waals surface area contributed by atoms with Crippen molar-refractivity contribution in [2.75, 3.05) is 0 Å². The Bertz CT molecular complexity index is 641. The second kappa shape index (κ2) is 7.39. The number of aryl methyl sites for hydroxylation is 1. The lowest BCUT2D eigenvalue weighted by molar-refractivity contribution is 0.0947. The van der Waals surface area contributed by atoms with E-state index in [0.29, 0.717) is 18.0 Å². The van der Waals surface area contributed by atoms with Crippen LogP contribution in [0.2, 0.25) is 0 Å². The molecule has 0 atom stereocenters. The number of H-pyrrole nitrogens is 1. The van der Waals surface area contributed by atoms with Crippen LogP contribution in [0.15, 0.2) is 12.5 Å². The number of nitrogens with one attached hydrogen (secondary N) is 2. The highest BCUT2D eigenvalue weighted by Crippen LogP contribution is 2.33. The number of carbonyl (C=O) groups is 1. The lowest BCUT2D eigenvalue weighted by atomic mass is 9.85. The molecule has 2 heterocycles. The molecule has 23 heavy (non-hydrogen) atoms. The van der Waals surface area contributed by atoms with Gasteiger partial charge in [-0.1, -0.05) is 26.2 Å². The van der Waals surface area contributed by atoms with Crippen LogP contribution in [-0.2, 0) is 13.1 Å². The van der Waals surface area contributed by atoms with Crippen LogP contribution in [0.1, 0.15) is 73.2 Å². The van der Waals surface area contributed by atoms with Crippen molar-refractivity contribution in [1.29, 1.82) is 0 Å². The van der Waals surface area contributed by atoms with Gasteiger partial charge in [0.1, 0.15) is 6.33 Å². The molecule has 7 nitrogen and oxygen atoms in total. The molecule has 124 valence electrons. The predicted molar refractivity (Wildman–Crippen MR) is 85.9 cm³/mol. The van der Waals surface area contributed by atoms with Gasteiger partial charge in [0.2, 0.25) is 0 Å². The van der Waals surface area contributed by atoms with E-state index in [9.17, 15) is 4.79 Å². The maximum Gasteiger partial charge on any atom is 0.255 e. The molecule has 1 saturated carbocycles. The van der Waals surface area contributed by atoms with Crippen LogP contribution in [0.4, 0.5) is 0 Å². The van der Waals surface area contributed by atoms with Gasteiger partial charge in [-0.3, -0.25) is 9.89 Å². The zero-order valence-electron chi connectivity index (χ0n) is 13.6. The van der Waals surface area contributed by atoms with Gasteiger partial charge in [-0.2, -0.15) is 5.10 Å². The van der Waals surface area contributed by atoms with Gasteiger partial charge in [0.05, 0.1) is 24.0 Å². The van der Waals surface area contributed by atoms with Crippen LogP contribution in [-0.4, -0.2) is 30.9 Å². The molecule has 7 heteroatoms. The summed E-state index contributed by atoms with van der Waals surface area (Å²) in [5.41, 5.74) is 1.65. The molecule has 0 aliphatic heterocycles. The molecule has 0 aromatic carbocycles. The largest absolute Gasteiger partial charge is 0.345 e. The Morgan fingerprint density at radius 3 is 3.00 bits per heavy atom. The van der Waals surface area contributed by atoms with Crippen molar-refractivity contribution in [3.63, 3.8) is 0 Å². The van der Waals surface area contributed by atoms with Gasteiger partial charge < -0.3 is 9.88 Å². The van der Waals surface area contributed by atoms with Gasteiger partial charge in [0.25, 0.3) is 5.91 Å². The Hall–Kier alpha value is -2.18. The number of nitrogens with zero attached hydrogens (tertiary/aromatic N) is 4. The van der Waals surface area contributed by atoms with Crippen LogP contribution in [0, 0.1) is 0 Å². The van der Waals surface area contributed by atoms with Crippen molar-refractivity contribution in [3.05, 3.63) is 29.6 Å². The molecule has 1 aliphatic rings. The second-order valence-corrected chi connectivity index (χ2v) is 6.16. The average Bonchev–Trinajstić information content (AvgIpc) is 3.23. The fraction of sp³-hybridized carbons (Fsp3) is 0.625. The smallest absolute Gasteiger partial charge is 0.255 e. The molecular formula is C16H24N6O. The molecular weight excluding hydrogens is 292 g/mol. The number of carbonyl (C=O) groups excluding carboxylic acids is 1. The zero-order chi connectivity index (χ0) is 16.1. The first-order chi connectivity index (χ1) is 11.3. The Kier molecular flexibility index (Phi) is 5.05. The Morgan fingerprint density at radius 2 is 2.22 bits per heavy atom. The molecule has 0 radical (unpaired) electrons. The quantitative estimate of drug-likeness (QED) is 0.856. The number of rotatable bonds is 6. The number of hydrogen-bond acceptors (Lipinski definition) is 4. The lowest BCUT2D eigenvalue weighted by Crippen LogP contribution is -2.26. The molecule has 1 amide bonds. The van der Waals surface area contributed by atoms with Crippen LogP contribution >= 0.6 is 0 Å². The van der Waals surface area contributed by atoms with Crippen LogP contribution < -0.4 is 5.32 Å². The monoisotopic (exact) mass is 316 g/mol. The molecule has 0 spiro atoms. The summed E-state index contributed by atoms with van der Waals surface area (Å²) in [5, 5.41) is 18.1. The SMILES string of the molecule is CCCn1cnnc1CNC(=O)c1cn[nH]c1C1CCCCC1. The summed E-state index contributed by atoms with van der Waals surface area (Å²) >= 11 is 0. The third-order valence-electron chi connectivity index (χ3n) is 4.49. The Labute approximate surface area is 135 Å². The van der Waals surface area contributed by atoms with E-state index in [2.05, 4.69) is 32.6 Å². The van der Waals surface area contributed by atoms with Crippen LogP contribution in [0.25, 0.3) is 0 Å². The van der Waals surface area contributed by atoms with Crippen molar-refractivity contribution >= 4 is 5.91 Å². The van der Waals surface area contributed by atoms with E-state index >= 15 is 0 Å². The minimum Gasteiger partial charge on any atom is -0.345 e. The van der Waals surface area contributed by atoms with E-state index < -0.39 is 0 Å². The fourth-order valence-electron chi connectivity index (χ4n) is 3.28. The van der Waals surface area contributed by atoms with E-state index in [4.69, 9.17) is 0 Å². The molecule has 1 aliphatic carbocycles. The maximum atomic E-state index is 12.5. The Balaban J connectivity index is 1.64. The summed E-state index contributed by atoms with van der Waals surface area (Å²) in [6, 6.07) is 0. The Morgan fingerprint density at radius 1 is 1.39 bits per heavy atom. The van der Waals surface area contributed by atoms with Crippen LogP contribution in [0.5, 0.6) is 0 Å². The molecule has 0 unspecified atom stereocenters. The summed E-state index contributed by atoms with van der Waals surface area (Å²) in [6.45, 7) is 3.34. The minimum atomic E-state index is -0.0922. The number of aromatic nitrogens is 5. The highest BCUT2D eigenvalue weighted by atomic mass is 16.1. The van der Waals surface area contributed by atoms with Crippen molar-refractivity contribution in [2.45, 2.75) is 64.5 Å². The molecule has 1 fully saturated rings. The normalized spacial score (nSPS) is 15.7. The van der Waals surface area contributed by atoms with E-state index in [1.807, 2.05) is 4.57 Å². The molecule has 2 N–H and O–H groups in total. The number of amides is 1. The molecule has 3 rings (SSSR count). The molecule has 2 aromatic rings. The summed E-state index contributed by atoms with van der Waals surface area (Å²) in [4.78, 5) is 12.5. The van der Waals surface area contributed by atoms with E-state index in [0.717, 1.165) is 37.3 Å². The van der Waals surface area contributed by atoms with Crippen LogP contribution in [0.3, 0.4) is 0 Å². The minimum absolute atomic E-state index is 0.0922. The van der Waals surface area contributed by atoms with E-state index in [-0.39, 0.29) is 5.91 Å². The predicted octanol–water partition coefficient (Wildman–Crippen LogP) is 2.39. The van der Waals surface area contributed by atoms with Crippen molar-refractivity contribution in [2.24, 2.45) is 0 Å². The van der Waals surface area contributed by atoms with Gasteiger partial charge in [-0.15, -0.1) is 10.2 Å². The van der Waals surface area contributed by atoms with Gasteiger partial charge in [0.15, 0.2) is 5.82 Å². The zero-order valence-corrected chi connectivity index (χ0v) is 13.6. The molecule has 2 aromatic heterocycles. The van der Waals surface area contributed by atoms with E-state index in [1.165, 1.54) is 19.3 Å². The first-order valence-electron chi connectivity index (χ1n) is 8.47. The third kappa shape index (κ3) is 3.60. The highest BCUT2D eigenvalue weighted by molar-refractivity contribution is 5.95. The lowest BCUT2D eigenvalue weighted by Gasteiger charge is -2.21. The van der Waals surface area contributed by atoms with E-state index in [1.54, 1.807) is 12.5 Å². The summed E-state index contributed by atoms with van der Waals surface area (Å²) in [7, 11) is 0. The van der Waals surface area contributed by atoms with Gasteiger partial charge in [-0.25, -0.2) is 0 Å². The van der Waals surface area contributed by atoms with Gasteiger partial charge in [0, 0.05) is 12.5 Å². The highest BCUT2D eigenvalue weighted by Gasteiger charge is 2.23. The fourth-order valence-corrected chi connectivity index (χ4v) is 3.28. The summed E-state index contributed by atoms with van der Waals surface area (Å²) < 4.78 is 1.97. The van der Waals surface area contributed by atoms with Gasteiger partial charge >= 0.3 is 0 Å². The van der Waals surface area contributed by atoms with Crippen molar-refractivity contribution in [1.82, 2.24) is 30.3 Å². The first kappa shape index (κ1) is 15.7. The average molecular weight is 316 g/mol. The summed E-state index contributed by atoms with van der Waals surface area (Å²) in [5.74, 6) is 1.11. The van der Waals surface area contributed by atoms with Crippen molar-refractivity contribution in [3.8, 4) is 0 Å². The summed E-state index contributed by atoms with van der Waals surface area (Å²) in [6.07, 6.45) is 10.4. The topological polar surface area (TPSA) is 88.5 Å². The molecule has 0 bridgehead atoms.